The van der Waals surface area contributed by atoms with E-state index in [-0.39, 0.29) is 0 Å². The van der Waals surface area contributed by atoms with Crippen molar-refractivity contribution in [2.75, 3.05) is 13.2 Å². The Morgan fingerprint density at radius 1 is 0.765 bits per heavy atom. The van der Waals surface area contributed by atoms with Crippen LogP contribution in [0.25, 0.3) is 0 Å². The van der Waals surface area contributed by atoms with Gasteiger partial charge in [-0.3, -0.25) is 0 Å². The second kappa shape index (κ2) is 9.12. The summed E-state index contributed by atoms with van der Waals surface area (Å²) in [6, 6.07) is 2.13. The quantitative estimate of drug-likeness (QED) is 0.535. The lowest BCUT2D eigenvalue weighted by Crippen LogP contribution is -2.42. The molecule has 0 radical (unpaired) electrons. The third-order valence-corrected chi connectivity index (χ3v) is 7.27. The van der Waals surface area contributed by atoms with E-state index < -0.39 is 8.56 Å². The molecule has 0 fully saturated rings. The monoisotopic (exact) mass is 260 g/mol. The van der Waals surface area contributed by atoms with E-state index in [1.54, 1.807) is 0 Å². The summed E-state index contributed by atoms with van der Waals surface area (Å²) in [5, 5.41) is 0. The van der Waals surface area contributed by atoms with Crippen molar-refractivity contribution in [3.63, 3.8) is 0 Å². The van der Waals surface area contributed by atoms with Crippen LogP contribution in [-0.2, 0) is 8.85 Å². The first-order valence-electron chi connectivity index (χ1n) is 7.31. The Balaban J connectivity index is 4.24. The third kappa shape index (κ3) is 6.58. The van der Waals surface area contributed by atoms with Gasteiger partial charge in [-0.2, -0.15) is 0 Å². The predicted octanol–water partition coefficient (Wildman–Crippen LogP) is 4.59. The fraction of sp³-hybridized carbons (Fsp3) is 1.00. The topological polar surface area (TPSA) is 18.5 Å². The largest absolute Gasteiger partial charge is 0.394 e. The van der Waals surface area contributed by atoms with Gasteiger partial charge in [-0.25, -0.2) is 0 Å². The lowest BCUT2D eigenvalue weighted by Gasteiger charge is -2.31. The van der Waals surface area contributed by atoms with E-state index in [1.807, 2.05) is 0 Å². The molecule has 2 nitrogen and oxygen atoms in total. The molecule has 0 heterocycles. The molecule has 0 spiro atoms. The van der Waals surface area contributed by atoms with Crippen molar-refractivity contribution in [3.8, 4) is 0 Å². The predicted molar refractivity (Wildman–Crippen MR) is 77.5 cm³/mol. The van der Waals surface area contributed by atoms with Gasteiger partial charge >= 0.3 is 8.56 Å². The summed E-state index contributed by atoms with van der Waals surface area (Å²) in [6.45, 7) is 15.1. The summed E-state index contributed by atoms with van der Waals surface area (Å²) >= 11 is 0. The van der Waals surface area contributed by atoms with Gasteiger partial charge in [0.1, 0.15) is 0 Å². The summed E-state index contributed by atoms with van der Waals surface area (Å²) in [5.41, 5.74) is 0. The van der Waals surface area contributed by atoms with E-state index in [0.29, 0.717) is 11.8 Å². The van der Waals surface area contributed by atoms with Gasteiger partial charge in [0.05, 0.1) is 0 Å². The molecule has 0 N–H and O–H groups in total. The molecule has 0 saturated heterocycles. The zero-order valence-corrected chi connectivity index (χ0v) is 13.7. The molecule has 0 aromatic carbocycles. The van der Waals surface area contributed by atoms with Crippen LogP contribution in [-0.4, -0.2) is 21.8 Å². The number of hydrogen-bond donors (Lipinski definition) is 0. The maximum absolute atomic E-state index is 6.19. The minimum atomic E-state index is -1.90. The normalized spacial score (nSPS) is 15.9. The second-order valence-corrected chi connectivity index (χ2v) is 9.08. The van der Waals surface area contributed by atoms with Crippen LogP contribution in [0.4, 0.5) is 0 Å². The fourth-order valence-corrected chi connectivity index (χ4v) is 4.10. The average Bonchev–Trinajstić information content (AvgIpc) is 2.38. The highest BCUT2D eigenvalue weighted by molar-refractivity contribution is 6.67. The molecule has 17 heavy (non-hydrogen) atoms. The lowest BCUT2D eigenvalue weighted by atomic mass is 10.1. The average molecular weight is 260 g/mol. The fourth-order valence-electron chi connectivity index (χ4n) is 1.52. The van der Waals surface area contributed by atoms with Gasteiger partial charge in [0.2, 0.25) is 0 Å². The van der Waals surface area contributed by atoms with Crippen LogP contribution in [0.15, 0.2) is 0 Å². The zero-order chi connectivity index (χ0) is 13.3. The maximum Gasteiger partial charge on any atom is 0.337 e. The molecule has 0 amide bonds. The minimum Gasteiger partial charge on any atom is -0.394 e. The maximum atomic E-state index is 6.19. The summed E-state index contributed by atoms with van der Waals surface area (Å²) < 4.78 is 12.4. The van der Waals surface area contributed by atoms with Crippen molar-refractivity contribution in [1.82, 2.24) is 0 Å². The van der Waals surface area contributed by atoms with Crippen molar-refractivity contribution in [3.05, 3.63) is 0 Å². The summed E-state index contributed by atoms with van der Waals surface area (Å²) in [6.07, 6.45) is 2.37. The van der Waals surface area contributed by atoms with Crippen molar-refractivity contribution in [1.29, 1.82) is 0 Å². The minimum absolute atomic E-state index is 0.646. The Morgan fingerprint density at radius 3 is 1.35 bits per heavy atom. The van der Waals surface area contributed by atoms with Gasteiger partial charge in [-0.15, -0.1) is 0 Å². The highest BCUT2D eigenvalue weighted by Gasteiger charge is 2.34. The Morgan fingerprint density at radius 2 is 1.12 bits per heavy atom. The van der Waals surface area contributed by atoms with Crippen LogP contribution in [0.3, 0.4) is 0 Å². The molecule has 0 rings (SSSR count). The van der Waals surface area contributed by atoms with Crippen LogP contribution in [0.1, 0.15) is 54.4 Å². The molecule has 0 aliphatic heterocycles. The zero-order valence-electron chi connectivity index (χ0n) is 12.7. The Kier molecular flexibility index (Phi) is 9.19. The Bertz CT molecular complexity index is 165. The summed E-state index contributed by atoms with van der Waals surface area (Å²) in [7, 11) is -1.90. The molecule has 0 bridgehead atoms. The van der Waals surface area contributed by atoms with Gasteiger partial charge < -0.3 is 8.85 Å². The molecule has 3 heteroatoms. The van der Waals surface area contributed by atoms with E-state index in [4.69, 9.17) is 8.85 Å². The van der Waals surface area contributed by atoms with Gasteiger partial charge in [-0.1, -0.05) is 54.4 Å². The van der Waals surface area contributed by atoms with E-state index in [2.05, 4.69) is 41.5 Å². The molecule has 0 aromatic heterocycles. The first kappa shape index (κ1) is 17.1. The molecule has 104 valence electrons. The Labute approximate surface area is 109 Å². The summed E-state index contributed by atoms with van der Waals surface area (Å²) in [4.78, 5) is 0. The van der Waals surface area contributed by atoms with Crippen LogP contribution in [0.5, 0.6) is 0 Å². The van der Waals surface area contributed by atoms with Gasteiger partial charge in [0, 0.05) is 13.2 Å². The molecular weight excluding hydrogens is 228 g/mol. The standard InChI is InChI=1S/C14H32O2Si/c1-7-13(5)11-15-17(9-3,10-4)16-12-14(6)8-2/h13-14H,7-12H2,1-6H3. The first-order valence-corrected chi connectivity index (χ1v) is 9.54. The van der Waals surface area contributed by atoms with Crippen molar-refractivity contribution < 1.29 is 8.85 Å². The Hall–Kier alpha value is 0.137. The SMILES string of the molecule is CCC(C)CO[Si](CC)(CC)OCC(C)CC. The molecule has 0 aliphatic rings. The van der Waals surface area contributed by atoms with Crippen molar-refractivity contribution in [2.45, 2.75) is 66.5 Å². The number of rotatable bonds is 10. The van der Waals surface area contributed by atoms with Crippen molar-refractivity contribution >= 4 is 8.56 Å². The van der Waals surface area contributed by atoms with Crippen LogP contribution in [0.2, 0.25) is 12.1 Å². The lowest BCUT2D eigenvalue weighted by molar-refractivity contribution is 0.131. The van der Waals surface area contributed by atoms with Crippen LogP contribution < -0.4 is 0 Å². The molecular formula is C14H32O2Si. The van der Waals surface area contributed by atoms with E-state index in [1.165, 1.54) is 12.8 Å². The van der Waals surface area contributed by atoms with Gasteiger partial charge in [-0.05, 0) is 23.9 Å². The first-order chi connectivity index (χ1) is 8.03. The van der Waals surface area contributed by atoms with E-state index in [9.17, 15) is 0 Å². The highest BCUT2D eigenvalue weighted by atomic mass is 28.4. The van der Waals surface area contributed by atoms with Crippen LogP contribution in [0, 0.1) is 11.8 Å². The summed E-state index contributed by atoms with van der Waals surface area (Å²) in [5.74, 6) is 1.29. The molecule has 0 saturated carbocycles. The van der Waals surface area contributed by atoms with Crippen molar-refractivity contribution in [2.24, 2.45) is 11.8 Å². The molecule has 2 atom stereocenters. The smallest absolute Gasteiger partial charge is 0.337 e. The second-order valence-electron chi connectivity index (χ2n) is 5.27. The third-order valence-electron chi connectivity index (χ3n) is 3.73. The van der Waals surface area contributed by atoms with Gasteiger partial charge in [0.15, 0.2) is 0 Å². The molecule has 0 aromatic rings. The molecule has 0 aliphatic carbocycles. The number of hydrogen-bond acceptors (Lipinski definition) is 2. The van der Waals surface area contributed by atoms with E-state index in [0.717, 1.165) is 25.3 Å². The van der Waals surface area contributed by atoms with Crippen LogP contribution >= 0.6 is 0 Å². The van der Waals surface area contributed by atoms with Gasteiger partial charge in [0.25, 0.3) is 0 Å². The van der Waals surface area contributed by atoms with E-state index >= 15 is 0 Å². The molecule has 2 unspecified atom stereocenters. The highest BCUT2D eigenvalue weighted by Crippen LogP contribution is 2.21.